The topological polar surface area (TPSA) is 60.9 Å². The highest BCUT2D eigenvalue weighted by atomic mass is 32.1. The summed E-state index contributed by atoms with van der Waals surface area (Å²) < 4.78 is 17.2. The first-order valence-corrected chi connectivity index (χ1v) is 11.9. The number of amides is 1. The molecule has 0 atom stereocenters. The van der Waals surface area contributed by atoms with Crippen LogP contribution in [0.3, 0.4) is 0 Å². The van der Waals surface area contributed by atoms with Crippen molar-refractivity contribution >= 4 is 34.3 Å². The van der Waals surface area contributed by atoms with Crippen molar-refractivity contribution in [3.63, 3.8) is 0 Å². The van der Waals surface area contributed by atoms with E-state index >= 15 is 0 Å². The molecule has 2 aromatic heterocycles. The minimum Gasteiger partial charge on any atom is -0.487 e. The zero-order valence-corrected chi connectivity index (χ0v) is 18.7. The minimum absolute atomic E-state index is 0.116. The molecule has 0 aliphatic carbocycles. The average molecular weight is 465 g/mol. The molecule has 2 aromatic carbocycles. The van der Waals surface area contributed by atoms with E-state index in [0.717, 1.165) is 16.3 Å². The van der Waals surface area contributed by atoms with Crippen LogP contribution in [0.15, 0.2) is 70.9 Å². The quantitative estimate of drug-likeness (QED) is 0.366. The fraction of sp³-hybridized carbons (Fsp3) is 0.167. The van der Waals surface area contributed by atoms with Crippen LogP contribution in [0.5, 0.6) is 17.2 Å². The lowest BCUT2D eigenvalue weighted by molar-refractivity contribution is 0.0984. The Hall–Kier alpha value is -3.36. The number of carbonyl (C=O) groups excluding carboxylic acids is 1. The van der Waals surface area contributed by atoms with Crippen molar-refractivity contribution in [2.75, 3.05) is 18.1 Å². The molecule has 8 heteroatoms. The molecule has 0 bridgehead atoms. The summed E-state index contributed by atoms with van der Waals surface area (Å²) in [4.78, 5) is 20.7. The summed E-state index contributed by atoms with van der Waals surface area (Å²) in [7, 11) is 0. The zero-order valence-electron chi connectivity index (χ0n) is 17.1. The molecule has 0 N–H and O–H groups in total. The second kappa shape index (κ2) is 9.42. The number of hydrogen-bond acceptors (Lipinski definition) is 7. The van der Waals surface area contributed by atoms with E-state index in [4.69, 9.17) is 14.2 Å². The first-order valence-electron chi connectivity index (χ1n) is 10.1. The van der Waals surface area contributed by atoms with Crippen LogP contribution in [0.4, 0.5) is 5.69 Å². The highest BCUT2D eigenvalue weighted by Gasteiger charge is 2.22. The van der Waals surface area contributed by atoms with Gasteiger partial charge in [-0.15, -0.1) is 22.7 Å². The van der Waals surface area contributed by atoms with Crippen molar-refractivity contribution in [1.29, 1.82) is 0 Å². The van der Waals surface area contributed by atoms with Gasteiger partial charge in [0.15, 0.2) is 11.5 Å². The fourth-order valence-corrected chi connectivity index (χ4v) is 4.62. The summed E-state index contributed by atoms with van der Waals surface area (Å²) in [6.07, 6.45) is 0. The van der Waals surface area contributed by atoms with Gasteiger partial charge >= 0.3 is 0 Å². The van der Waals surface area contributed by atoms with Gasteiger partial charge in [0.25, 0.3) is 5.91 Å². The van der Waals surface area contributed by atoms with Gasteiger partial charge in [-0.1, -0.05) is 12.1 Å². The number of nitrogens with zero attached hydrogens (tertiary/aromatic N) is 2. The molecular weight excluding hydrogens is 444 g/mol. The molecule has 0 radical (unpaired) electrons. The van der Waals surface area contributed by atoms with E-state index in [2.05, 4.69) is 4.98 Å². The van der Waals surface area contributed by atoms with Crippen molar-refractivity contribution in [3.05, 3.63) is 87.0 Å². The van der Waals surface area contributed by atoms with Gasteiger partial charge in [0.05, 0.1) is 17.7 Å². The van der Waals surface area contributed by atoms with Crippen LogP contribution in [0.25, 0.3) is 0 Å². The summed E-state index contributed by atoms with van der Waals surface area (Å²) in [5.41, 5.74) is 3.94. The predicted molar refractivity (Wildman–Crippen MR) is 125 cm³/mol. The molecule has 0 fully saturated rings. The van der Waals surface area contributed by atoms with E-state index in [1.165, 1.54) is 11.3 Å². The smallest absolute Gasteiger partial charge is 0.258 e. The summed E-state index contributed by atoms with van der Waals surface area (Å²) in [6.45, 7) is 1.84. The van der Waals surface area contributed by atoms with Gasteiger partial charge in [0, 0.05) is 27.6 Å². The summed E-state index contributed by atoms with van der Waals surface area (Å²) in [5, 5.41) is 3.95. The molecule has 32 heavy (non-hydrogen) atoms. The van der Waals surface area contributed by atoms with Gasteiger partial charge in [-0.3, -0.25) is 4.79 Å². The maximum Gasteiger partial charge on any atom is 0.258 e. The van der Waals surface area contributed by atoms with Crippen LogP contribution in [-0.2, 0) is 13.2 Å². The molecule has 0 saturated carbocycles. The van der Waals surface area contributed by atoms with E-state index in [9.17, 15) is 4.79 Å². The van der Waals surface area contributed by atoms with Crippen molar-refractivity contribution in [3.8, 4) is 17.2 Å². The van der Waals surface area contributed by atoms with Gasteiger partial charge in [0.1, 0.15) is 25.6 Å². The maximum atomic E-state index is 13.6. The van der Waals surface area contributed by atoms with Gasteiger partial charge < -0.3 is 19.1 Å². The van der Waals surface area contributed by atoms with Crippen LogP contribution >= 0.6 is 22.7 Å². The number of ether oxygens (including phenoxy) is 3. The normalized spacial score (nSPS) is 12.4. The summed E-state index contributed by atoms with van der Waals surface area (Å²) in [6, 6.07) is 16.9. The second-order valence-electron chi connectivity index (χ2n) is 7.09. The van der Waals surface area contributed by atoms with Crippen LogP contribution in [0, 0.1) is 0 Å². The van der Waals surface area contributed by atoms with E-state index in [1.807, 2.05) is 53.2 Å². The number of hydrogen-bond donors (Lipinski definition) is 0. The Balaban J connectivity index is 1.42. The molecule has 0 unspecified atom stereocenters. The largest absolute Gasteiger partial charge is 0.487 e. The number of thiophene rings is 1. The highest BCUT2D eigenvalue weighted by Crippen LogP contribution is 2.35. The Morgan fingerprint density at radius 2 is 1.97 bits per heavy atom. The lowest BCUT2D eigenvalue weighted by Gasteiger charge is -2.25. The third-order valence-electron chi connectivity index (χ3n) is 4.93. The maximum absolute atomic E-state index is 13.6. The van der Waals surface area contributed by atoms with Gasteiger partial charge in [-0.2, -0.15) is 0 Å². The molecule has 1 aliphatic heterocycles. The SMILES string of the molecule is O=C(c1cccc(OCc2cscn2)c1)N(Cc1cccs1)c1ccc2c(c1)OCCO2. The molecule has 162 valence electrons. The minimum atomic E-state index is -0.116. The van der Waals surface area contributed by atoms with Crippen LogP contribution < -0.4 is 19.1 Å². The lowest BCUT2D eigenvalue weighted by Crippen LogP contribution is -2.30. The van der Waals surface area contributed by atoms with E-state index in [0.29, 0.717) is 49.2 Å². The Morgan fingerprint density at radius 3 is 2.78 bits per heavy atom. The number of carbonyl (C=O) groups is 1. The molecule has 1 aliphatic rings. The van der Waals surface area contributed by atoms with E-state index in [1.54, 1.807) is 33.9 Å². The van der Waals surface area contributed by atoms with Gasteiger partial charge in [0.2, 0.25) is 0 Å². The standard InChI is InChI=1S/C24H20N2O4S2/c27-24(17-3-1-4-20(11-17)30-14-18-15-31-16-25-18)26(13-21-5-2-10-32-21)19-6-7-22-23(12-19)29-9-8-28-22/h1-7,10-12,15-16H,8-9,13-14H2. The molecule has 0 spiro atoms. The molecule has 0 saturated heterocycles. The number of benzene rings is 2. The highest BCUT2D eigenvalue weighted by molar-refractivity contribution is 7.09. The number of thiazole rings is 1. The predicted octanol–water partition coefficient (Wildman–Crippen LogP) is 5.40. The fourth-order valence-electron chi connectivity index (χ4n) is 3.38. The average Bonchev–Trinajstić information content (AvgIpc) is 3.55. The molecular formula is C24H20N2O4S2. The Labute approximate surface area is 193 Å². The third kappa shape index (κ3) is 4.61. The van der Waals surface area contributed by atoms with Crippen molar-refractivity contribution < 1.29 is 19.0 Å². The Morgan fingerprint density at radius 1 is 1.06 bits per heavy atom. The number of aromatic nitrogens is 1. The lowest BCUT2D eigenvalue weighted by atomic mass is 10.1. The summed E-state index contributed by atoms with van der Waals surface area (Å²) in [5.74, 6) is 1.86. The monoisotopic (exact) mass is 464 g/mol. The first kappa shape index (κ1) is 20.5. The van der Waals surface area contributed by atoms with Crippen LogP contribution in [0.2, 0.25) is 0 Å². The number of fused-ring (bicyclic) bond motifs is 1. The molecule has 5 rings (SSSR count). The Bertz CT molecular complexity index is 1190. The van der Waals surface area contributed by atoms with E-state index in [-0.39, 0.29) is 5.91 Å². The van der Waals surface area contributed by atoms with Gasteiger partial charge in [-0.25, -0.2) is 4.98 Å². The van der Waals surface area contributed by atoms with Gasteiger partial charge in [-0.05, 0) is 41.8 Å². The first-order chi connectivity index (χ1) is 15.8. The third-order valence-corrected chi connectivity index (χ3v) is 6.42. The molecule has 6 nitrogen and oxygen atoms in total. The van der Waals surface area contributed by atoms with Crippen molar-refractivity contribution in [1.82, 2.24) is 4.98 Å². The van der Waals surface area contributed by atoms with Crippen molar-refractivity contribution in [2.24, 2.45) is 0 Å². The summed E-state index contributed by atoms with van der Waals surface area (Å²) >= 11 is 3.14. The number of rotatable bonds is 7. The Kier molecular flexibility index (Phi) is 6.04. The second-order valence-corrected chi connectivity index (χ2v) is 8.85. The molecule has 1 amide bonds. The van der Waals surface area contributed by atoms with Crippen LogP contribution in [-0.4, -0.2) is 24.1 Å². The van der Waals surface area contributed by atoms with Crippen LogP contribution in [0.1, 0.15) is 20.9 Å². The van der Waals surface area contributed by atoms with Crippen molar-refractivity contribution in [2.45, 2.75) is 13.2 Å². The molecule has 4 aromatic rings. The molecule has 3 heterocycles. The van der Waals surface area contributed by atoms with E-state index < -0.39 is 0 Å². The number of anilines is 1. The zero-order chi connectivity index (χ0) is 21.8.